The van der Waals surface area contributed by atoms with Crippen molar-refractivity contribution in [3.8, 4) is 17.2 Å². The van der Waals surface area contributed by atoms with Crippen LogP contribution in [0.5, 0.6) is 17.2 Å². The van der Waals surface area contributed by atoms with Gasteiger partial charge in [0.25, 0.3) is 5.91 Å². The molecular weight excluding hydrogens is 530 g/mol. The quantitative estimate of drug-likeness (QED) is 0.213. The van der Waals surface area contributed by atoms with Crippen molar-refractivity contribution in [2.24, 2.45) is 0 Å². The summed E-state index contributed by atoms with van der Waals surface area (Å²) in [5.41, 5.74) is 2.91. The maximum Gasteiger partial charge on any atom is 0.290 e. The van der Waals surface area contributed by atoms with Gasteiger partial charge in [-0.05, 0) is 79.8 Å². The number of carbonyl (C=O) groups excluding carboxylic acids is 1. The summed E-state index contributed by atoms with van der Waals surface area (Å²) >= 11 is 6.38. The third kappa shape index (κ3) is 5.13. The van der Waals surface area contributed by atoms with E-state index in [1.54, 1.807) is 24.1 Å². The molecule has 3 aromatic carbocycles. The Morgan fingerprint density at radius 1 is 0.975 bits per heavy atom. The van der Waals surface area contributed by atoms with Gasteiger partial charge in [-0.2, -0.15) is 0 Å². The number of halogens is 1. The molecule has 208 valence electrons. The second-order valence-corrected chi connectivity index (χ2v) is 10.2. The highest BCUT2D eigenvalue weighted by atomic mass is 35.5. The minimum atomic E-state index is -0.666. The number of methoxy groups -OCH3 is 1. The minimum absolute atomic E-state index is 0.0585. The van der Waals surface area contributed by atoms with Gasteiger partial charge >= 0.3 is 0 Å². The topological polar surface area (TPSA) is 78.2 Å². The molecule has 0 fully saturated rings. The van der Waals surface area contributed by atoms with Gasteiger partial charge in [0.1, 0.15) is 11.3 Å². The summed E-state index contributed by atoms with van der Waals surface area (Å²) in [7, 11) is 1.62. The molecule has 5 rings (SSSR count). The van der Waals surface area contributed by atoms with Crippen LogP contribution in [0.1, 0.15) is 59.1 Å². The lowest BCUT2D eigenvalue weighted by Gasteiger charge is -2.26. The number of carbonyl (C=O) groups is 1. The minimum Gasteiger partial charge on any atom is -0.497 e. The molecule has 0 radical (unpaired) electrons. The molecule has 0 saturated carbocycles. The van der Waals surface area contributed by atoms with Crippen molar-refractivity contribution in [1.82, 2.24) is 4.90 Å². The van der Waals surface area contributed by atoms with Crippen LogP contribution in [0.15, 0.2) is 63.8 Å². The van der Waals surface area contributed by atoms with E-state index in [1.807, 2.05) is 63.2 Å². The standard InChI is InChI=1S/C32H32ClNO6/c1-5-15-39-25-12-9-21(17-27(25)38-6-2)29-28-30(35)23-18-24(33)19(3)16-26(23)40-31(28)32(36)34(29)14-13-20-7-10-22(37-4)11-8-20/h7-12,16-18,29H,5-6,13-15H2,1-4H3. The fourth-order valence-electron chi connectivity index (χ4n) is 5.05. The summed E-state index contributed by atoms with van der Waals surface area (Å²) in [5, 5.41) is 0.810. The van der Waals surface area contributed by atoms with Crippen molar-refractivity contribution in [3.05, 3.63) is 97.9 Å². The first-order valence-corrected chi connectivity index (χ1v) is 13.8. The van der Waals surface area contributed by atoms with Crippen LogP contribution in [0, 0.1) is 6.92 Å². The molecule has 1 aliphatic heterocycles. The van der Waals surface area contributed by atoms with Gasteiger partial charge in [-0.25, -0.2) is 0 Å². The van der Waals surface area contributed by atoms with Crippen LogP contribution < -0.4 is 19.6 Å². The van der Waals surface area contributed by atoms with E-state index < -0.39 is 6.04 Å². The van der Waals surface area contributed by atoms with Crippen LogP contribution in [0.3, 0.4) is 0 Å². The fourth-order valence-corrected chi connectivity index (χ4v) is 5.22. The zero-order valence-corrected chi connectivity index (χ0v) is 23.8. The van der Waals surface area contributed by atoms with Crippen LogP contribution in [-0.4, -0.2) is 37.7 Å². The molecule has 0 spiro atoms. The number of nitrogens with zero attached hydrogens (tertiary/aromatic N) is 1. The first kappa shape index (κ1) is 27.6. The van der Waals surface area contributed by atoms with Gasteiger partial charge in [0.05, 0.1) is 37.3 Å². The van der Waals surface area contributed by atoms with E-state index in [-0.39, 0.29) is 17.1 Å². The van der Waals surface area contributed by atoms with Crippen molar-refractivity contribution in [1.29, 1.82) is 0 Å². The number of aryl methyl sites for hydroxylation is 1. The van der Waals surface area contributed by atoms with Crippen molar-refractivity contribution >= 4 is 28.5 Å². The maximum atomic E-state index is 14.0. The summed E-state index contributed by atoms with van der Waals surface area (Å²) < 4.78 is 23.2. The van der Waals surface area contributed by atoms with Crippen molar-refractivity contribution in [3.63, 3.8) is 0 Å². The predicted molar refractivity (Wildman–Crippen MR) is 155 cm³/mol. The van der Waals surface area contributed by atoms with E-state index in [4.69, 9.17) is 30.2 Å². The molecule has 1 aromatic heterocycles. The number of benzene rings is 3. The summed E-state index contributed by atoms with van der Waals surface area (Å²) in [4.78, 5) is 29.5. The SMILES string of the molecule is CCCOc1ccc(C2c3c(oc4cc(C)c(Cl)cc4c3=O)C(=O)N2CCc2ccc(OC)cc2)cc1OCC. The van der Waals surface area contributed by atoms with E-state index >= 15 is 0 Å². The Morgan fingerprint density at radius 2 is 1.75 bits per heavy atom. The van der Waals surface area contributed by atoms with Crippen LogP contribution in [-0.2, 0) is 6.42 Å². The zero-order chi connectivity index (χ0) is 28.4. The molecule has 1 unspecified atom stereocenters. The highest BCUT2D eigenvalue weighted by Crippen LogP contribution is 2.41. The lowest BCUT2D eigenvalue weighted by atomic mass is 9.97. The van der Waals surface area contributed by atoms with Crippen molar-refractivity contribution < 1.29 is 23.4 Å². The van der Waals surface area contributed by atoms with Crippen LogP contribution in [0.25, 0.3) is 11.0 Å². The van der Waals surface area contributed by atoms with Gasteiger partial charge in [-0.3, -0.25) is 9.59 Å². The first-order valence-electron chi connectivity index (χ1n) is 13.5. The Balaban J connectivity index is 1.62. The summed E-state index contributed by atoms with van der Waals surface area (Å²) in [6.07, 6.45) is 1.43. The Hall–Kier alpha value is -3.97. The molecule has 0 bridgehead atoms. The van der Waals surface area contributed by atoms with E-state index in [0.29, 0.717) is 59.2 Å². The zero-order valence-electron chi connectivity index (χ0n) is 23.1. The summed E-state index contributed by atoms with van der Waals surface area (Å²) in [5.74, 6) is 1.67. The third-order valence-electron chi connectivity index (χ3n) is 7.09. The molecule has 2 heterocycles. The molecule has 1 atom stereocenters. The normalized spacial score (nSPS) is 14.5. The van der Waals surface area contributed by atoms with Crippen LogP contribution >= 0.6 is 11.6 Å². The Bertz CT molecular complexity index is 1610. The van der Waals surface area contributed by atoms with E-state index in [2.05, 4.69) is 0 Å². The maximum absolute atomic E-state index is 14.0. The van der Waals surface area contributed by atoms with Gasteiger partial charge in [-0.1, -0.05) is 36.7 Å². The second-order valence-electron chi connectivity index (χ2n) is 9.76. The fraction of sp³-hybridized carbons (Fsp3) is 0.312. The summed E-state index contributed by atoms with van der Waals surface area (Å²) in [6, 6.07) is 15.9. The first-order chi connectivity index (χ1) is 19.4. The van der Waals surface area contributed by atoms with Crippen molar-refractivity contribution in [2.45, 2.75) is 39.7 Å². The van der Waals surface area contributed by atoms with Crippen LogP contribution in [0.2, 0.25) is 5.02 Å². The van der Waals surface area contributed by atoms with E-state index in [9.17, 15) is 9.59 Å². The molecule has 1 amide bonds. The highest BCUT2D eigenvalue weighted by molar-refractivity contribution is 6.32. The Morgan fingerprint density at radius 3 is 2.45 bits per heavy atom. The van der Waals surface area contributed by atoms with Crippen LogP contribution in [0.4, 0.5) is 0 Å². The predicted octanol–water partition coefficient (Wildman–Crippen LogP) is 6.74. The van der Waals surface area contributed by atoms with E-state index in [0.717, 1.165) is 28.9 Å². The number of amides is 1. The van der Waals surface area contributed by atoms with Gasteiger partial charge < -0.3 is 23.5 Å². The third-order valence-corrected chi connectivity index (χ3v) is 7.50. The van der Waals surface area contributed by atoms with Gasteiger partial charge in [0.2, 0.25) is 5.76 Å². The van der Waals surface area contributed by atoms with Crippen molar-refractivity contribution in [2.75, 3.05) is 26.9 Å². The smallest absolute Gasteiger partial charge is 0.290 e. The average molecular weight is 562 g/mol. The molecule has 0 saturated heterocycles. The highest BCUT2D eigenvalue weighted by Gasteiger charge is 2.43. The number of hydrogen-bond donors (Lipinski definition) is 0. The lowest BCUT2D eigenvalue weighted by molar-refractivity contribution is 0.0729. The lowest BCUT2D eigenvalue weighted by Crippen LogP contribution is -2.31. The monoisotopic (exact) mass is 561 g/mol. The number of hydrogen-bond acceptors (Lipinski definition) is 6. The van der Waals surface area contributed by atoms with E-state index in [1.165, 1.54) is 0 Å². The van der Waals surface area contributed by atoms with Gasteiger partial charge in [-0.15, -0.1) is 0 Å². The Labute approximate surface area is 238 Å². The molecule has 4 aromatic rings. The second kappa shape index (κ2) is 11.6. The average Bonchev–Trinajstić information content (AvgIpc) is 3.24. The number of ether oxygens (including phenoxy) is 3. The number of rotatable bonds is 10. The molecular formula is C32H32ClNO6. The largest absolute Gasteiger partial charge is 0.497 e. The van der Waals surface area contributed by atoms with Gasteiger partial charge in [0, 0.05) is 11.6 Å². The molecule has 0 aliphatic carbocycles. The summed E-state index contributed by atoms with van der Waals surface area (Å²) in [6.45, 7) is 7.13. The molecule has 0 N–H and O–H groups in total. The molecule has 7 nitrogen and oxygen atoms in total. The Kier molecular flexibility index (Phi) is 8.03. The molecule has 1 aliphatic rings. The molecule has 40 heavy (non-hydrogen) atoms. The number of fused-ring (bicyclic) bond motifs is 2. The molecule has 8 heteroatoms. The van der Waals surface area contributed by atoms with Gasteiger partial charge in [0.15, 0.2) is 16.9 Å².